The standard InChI is InChI=1S/C16H13Cl2N3O/c17-12-5-11(6-13(18)7-12)10-1-3-14(4-2-10)19-9-15-8-16(22)21-20-15/h1-8,19H,9H2,(H2,20,21,22). The predicted molar refractivity (Wildman–Crippen MR) is 90.6 cm³/mol. The number of nitrogens with one attached hydrogen (secondary N) is 3. The van der Waals surface area contributed by atoms with E-state index in [9.17, 15) is 4.79 Å². The molecule has 0 aliphatic rings. The molecule has 0 saturated heterocycles. The number of H-pyrrole nitrogens is 2. The highest BCUT2D eigenvalue weighted by Crippen LogP contribution is 2.28. The first-order chi connectivity index (χ1) is 10.6. The smallest absolute Gasteiger partial charge is 0.264 e. The molecular weight excluding hydrogens is 321 g/mol. The Labute approximate surface area is 137 Å². The minimum Gasteiger partial charge on any atom is -0.379 e. The van der Waals surface area contributed by atoms with Crippen LogP contribution >= 0.6 is 23.2 Å². The van der Waals surface area contributed by atoms with Crippen molar-refractivity contribution in [2.24, 2.45) is 0 Å². The number of rotatable bonds is 4. The normalized spacial score (nSPS) is 10.6. The van der Waals surface area contributed by atoms with E-state index in [4.69, 9.17) is 23.2 Å². The van der Waals surface area contributed by atoms with Crippen LogP contribution in [0.5, 0.6) is 0 Å². The van der Waals surface area contributed by atoms with Gasteiger partial charge in [0.15, 0.2) is 0 Å². The Morgan fingerprint density at radius 3 is 2.14 bits per heavy atom. The molecule has 4 nitrogen and oxygen atoms in total. The molecule has 0 radical (unpaired) electrons. The van der Waals surface area contributed by atoms with Crippen LogP contribution in [-0.2, 0) is 6.54 Å². The summed E-state index contributed by atoms with van der Waals surface area (Å²) in [5.74, 6) is 0. The first-order valence-corrected chi connectivity index (χ1v) is 7.43. The van der Waals surface area contributed by atoms with Gasteiger partial charge >= 0.3 is 0 Å². The third-order valence-corrected chi connectivity index (χ3v) is 3.65. The van der Waals surface area contributed by atoms with Crippen molar-refractivity contribution in [3.63, 3.8) is 0 Å². The fourth-order valence-electron chi connectivity index (χ4n) is 2.17. The van der Waals surface area contributed by atoms with Crippen molar-refractivity contribution in [2.45, 2.75) is 6.54 Å². The molecule has 0 aliphatic heterocycles. The summed E-state index contributed by atoms with van der Waals surface area (Å²) in [5.41, 5.74) is 3.63. The van der Waals surface area contributed by atoms with Gasteiger partial charge in [0.05, 0.1) is 12.2 Å². The molecule has 3 rings (SSSR count). The molecule has 22 heavy (non-hydrogen) atoms. The van der Waals surface area contributed by atoms with Crippen molar-refractivity contribution >= 4 is 28.9 Å². The van der Waals surface area contributed by atoms with E-state index < -0.39 is 0 Å². The number of aromatic nitrogens is 2. The van der Waals surface area contributed by atoms with Gasteiger partial charge in [0, 0.05) is 21.8 Å². The number of hydrogen-bond donors (Lipinski definition) is 3. The summed E-state index contributed by atoms with van der Waals surface area (Å²) in [6.45, 7) is 0.543. The molecule has 0 aliphatic carbocycles. The van der Waals surface area contributed by atoms with E-state index in [0.717, 1.165) is 22.5 Å². The first-order valence-electron chi connectivity index (χ1n) is 6.67. The molecule has 3 N–H and O–H groups in total. The van der Waals surface area contributed by atoms with E-state index in [1.54, 1.807) is 6.07 Å². The summed E-state index contributed by atoms with van der Waals surface area (Å²) in [5, 5.41) is 9.75. The van der Waals surface area contributed by atoms with Gasteiger partial charge < -0.3 is 10.4 Å². The van der Waals surface area contributed by atoms with Crippen molar-refractivity contribution in [3.05, 3.63) is 74.6 Å². The van der Waals surface area contributed by atoms with Crippen LogP contribution in [0.3, 0.4) is 0 Å². The Morgan fingerprint density at radius 1 is 0.864 bits per heavy atom. The van der Waals surface area contributed by atoms with Crippen LogP contribution in [0, 0.1) is 0 Å². The zero-order valence-electron chi connectivity index (χ0n) is 11.5. The molecule has 3 aromatic rings. The van der Waals surface area contributed by atoms with Crippen molar-refractivity contribution in [1.82, 2.24) is 10.2 Å². The highest BCUT2D eigenvalue weighted by atomic mass is 35.5. The van der Waals surface area contributed by atoms with E-state index in [0.29, 0.717) is 16.6 Å². The molecule has 1 heterocycles. The topological polar surface area (TPSA) is 60.7 Å². The lowest BCUT2D eigenvalue weighted by Crippen LogP contribution is -1.99. The highest BCUT2D eigenvalue weighted by Gasteiger charge is 2.02. The van der Waals surface area contributed by atoms with Crippen LogP contribution in [-0.4, -0.2) is 10.2 Å². The minimum absolute atomic E-state index is 0.134. The second-order valence-electron chi connectivity index (χ2n) is 4.87. The molecule has 2 aromatic carbocycles. The number of benzene rings is 2. The molecule has 1 aromatic heterocycles. The number of halogens is 2. The maximum atomic E-state index is 11.0. The summed E-state index contributed by atoms with van der Waals surface area (Å²) >= 11 is 12.0. The van der Waals surface area contributed by atoms with Crippen LogP contribution in [0.4, 0.5) is 5.69 Å². The van der Waals surface area contributed by atoms with Gasteiger partial charge in [-0.25, -0.2) is 0 Å². The molecule has 0 fully saturated rings. The first kappa shape index (κ1) is 14.8. The molecule has 0 bridgehead atoms. The number of aromatic amines is 2. The lowest BCUT2D eigenvalue weighted by molar-refractivity contribution is 0.970. The summed E-state index contributed by atoms with van der Waals surface area (Å²) in [6, 6.07) is 14.9. The second-order valence-corrected chi connectivity index (χ2v) is 5.75. The van der Waals surface area contributed by atoms with E-state index in [1.165, 1.54) is 6.07 Å². The van der Waals surface area contributed by atoms with Crippen molar-refractivity contribution in [2.75, 3.05) is 5.32 Å². The summed E-state index contributed by atoms with van der Waals surface area (Å²) < 4.78 is 0. The Morgan fingerprint density at radius 2 is 1.55 bits per heavy atom. The van der Waals surface area contributed by atoms with Crippen LogP contribution in [0.2, 0.25) is 10.0 Å². The average Bonchev–Trinajstić information content (AvgIpc) is 2.90. The Bertz CT molecular complexity index is 817. The van der Waals surface area contributed by atoms with Gasteiger partial charge in [0.1, 0.15) is 0 Å². The van der Waals surface area contributed by atoms with Gasteiger partial charge in [-0.2, -0.15) is 0 Å². The SMILES string of the molecule is O=c1cc(CNc2ccc(-c3cc(Cl)cc(Cl)c3)cc2)[nH][nH]1. The van der Waals surface area contributed by atoms with E-state index in [-0.39, 0.29) is 5.56 Å². The molecule has 0 unspecified atom stereocenters. The van der Waals surface area contributed by atoms with E-state index >= 15 is 0 Å². The number of hydrogen-bond acceptors (Lipinski definition) is 2. The quantitative estimate of drug-likeness (QED) is 0.667. The van der Waals surface area contributed by atoms with E-state index in [1.807, 2.05) is 36.4 Å². The lowest BCUT2D eigenvalue weighted by atomic mass is 10.1. The van der Waals surface area contributed by atoms with Crippen LogP contribution in [0.15, 0.2) is 53.3 Å². The Kier molecular flexibility index (Phi) is 4.22. The predicted octanol–water partition coefficient (Wildman–Crippen LogP) is 4.29. The molecular formula is C16H13Cl2N3O. The largest absolute Gasteiger partial charge is 0.379 e. The van der Waals surface area contributed by atoms with Gasteiger partial charge in [-0.15, -0.1) is 0 Å². The van der Waals surface area contributed by atoms with Gasteiger partial charge in [-0.05, 0) is 41.5 Å². The number of anilines is 1. The fraction of sp³-hybridized carbons (Fsp3) is 0.0625. The van der Waals surface area contributed by atoms with Gasteiger partial charge in [-0.3, -0.25) is 9.89 Å². The molecule has 112 valence electrons. The maximum absolute atomic E-state index is 11.0. The summed E-state index contributed by atoms with van der Waals surface area (Å²) in [7, 11) is 0. The van der Waals surface area contributed by atoms with Crippen LogP contribution < -0.4 is 10.9 Å². The minimum atomic E-state index is -0.134. The van der Waals surface area contributed by atoms with Crippen LogP contribution in [0.25, 0.3) is 11.1 Å². The Balaban J connectivity index is 1.73. The maximum Gasteiger partial charge on any atom is 0.264 e. The monoisotopic (exact) mass is 333 g/mol. The highest BCUT2D eigenvalue weighted by molar-refractivity contribution is 6.35. The second kappa shape index (κ2) is 6.30. The zero-order valence-corrected chi connectivity index (χ0v) is 13.0. The third kappa shape index (κ3) is 3.53. The summed E-state index contributed by atoms with van der Waals surface area (Å²) in [6.07, 6.45) is 0. The molecule has 0 amide bonds. The van der Waals surface area contributed by atoms with Gasteiger partial charge in [0.2, 0.25) is 0 Å². The van der Waals surface area contributed by atoms with Gasteiger partial charge in [0.25, 0.3) is 5.56 Å². The zero-order chi connectivity index (χ0) is 15.5. The van der Waals surface area contributed by atoms with Crippen molar-refractivity contribution < 1.29 is 0 Å². The fourth-order valence-corrected chi connectivity index (χ4v) is 2.69. The molecule has 0 atom stereocenters. The molecule has 6 heteroatoms. The average molecular weight is 334 g/mol. The van der Waals surface area contributed by atoms with Gasteiger partial charge in [-0.1, -0.05) is 35.3 Å². The molecule has 0 saturated carbocycles. The molecule has 0 spiro atoms. The van der Waals surface area contributed by atoms with Crippen molar-refractivity contribution in [3.8, 4) is 11.1 Å². The summed E-state index contributed by atoms with van der Waals surface area (Å²) in [4.78, 5) is 11.0. The van der Waals surface area contributed by atoms with E-state index in [2.05, 4.69) is 15.5 Å². The van der Waals surface area contributed by atoms with Crippen LogP contribution in [0.1, 0.15) is 5.69 Å². The third-order valence-electron chi connectivity index (χ3n) is 3.22. The van der Waals surface area contributed by atoms with Crippen molar-refractivity contribution in [1.29, 1.82) is 0 Å². The lowest BCUT2D eigenvalue weighted by Gasteiger charge is -2.07. The Hall–Kier alpha value is -2.17.